The van der Waals surface area contributed by atoms with Crippen LogP contribution in [0.1, 0.15) is 28.7 Å². The predicted octanol–water partition coefficient (Wildman–Crippen LogP) is 4.61. The highest BCUT2D eigenvalue weighted by Gasteiger charge is 2.05. The van der Waals surface area contributed by atoms with Crippen molar-refractivity contribution in [1.29, 1.82) is 0 Å². The average Bonchev–Trinajstić information content (AvgIpc) is 3.35. The number of benzene rings is 3. The Morgan fingerprint density at radius 3 is 2.34 bits per heavy atom. The van der Waals surface area contributed by atoms with Gasteiger partial charge in [0.15, 0.2) is 0 Å². The summed E-state index contributed by atoms with van der Waals surface area (Å²) in [5, 5.41) is 9.84. The summed E-state index contributed by atoms with van der Waals surface area (Å²) in [5.41, 5.74) is 5.29. The van der Waals surface area contributed by atoms with Crippen molar-refractivity contribution in [3.8, 4) is 0 Å². The van der Waals surface area contributed by atoms with Gasteiger partial charge in [0, 0.05) is 36.7 Å². The number of rotatable bonds is 13. The first-order valence-electron chi connectivity index (χ1n) is 12.8. The number of aryl methyl sites for hydroxylation is 1. The Bertz CT molecular complexity index is 1320. The van der Waals surface area contributed by atoms with E-state index in [1.54, 1.807) is 12.1 Å². The van der Waals surface area contributed by atoms with Crippen molar-refractivity contribution in [2.75, 3.05) is 19.7 Å². The molecule has 4 N–H and O–H groups in total. The van der Waals surface area contributed by atoms with E-state index >= 15 is 0 Å². The molecule has 4 aromatic rings. The van der Waals surface area contributed by atoms with Crippen LogP contribution in [0, 0.1) is 5.82 Å². The molecule has 0 saturated heterocycles. The van der Waals surface area contributed by atoms with E-state index < -0.39 is 0 Å². The number of hydrogen-bond acceptors (Lipinski definition) is 3. The number of aromatic nitrogens is 1. The van der Waals surface area contributed by atoms with Gasteiger partial charge in [-0.15, -0.1) is 0 Å². The standard InChI is InChI=1S/C30H33FN4O3/c31-26-13-11-24(12-14-26)20-38-21-29(36)32-16-3-4-22-7-9-23(10-8-22)18-35-30(37)33-17-15-25-19-34-28-6-2-1-5-27(25)28/h1-2,5-14,19,34H,3-4,15-18,20-21H2,(H,32,36)(H2,33,35,37). The van der Waals surface area contributed by atoms with Crippen LogP contribution in [0.15, 0.2) is 79.0 Å². The number of ether oxygens (including phenoxy) is 1. The Kier molecular flexibility index (Phi) is 9.87. The summed E-state index contributed by atoms with van der Waals surface area (Å²) in [4.78, 5) is 27.3. The van der Waals surface area contributed by atoms with Crippen molar-refractivity contribution in [3.63, 3.8) is 0 Å². The number of amides is 3. The number of halogens is 1. The van der Waals surface area contributed by atoms with Gasteiger partial charge >= 0.3 is 6.03 Å². The van der Waals surface area contributed by atoms with E-state index in [0.717, 1.165) is 35.9 Å². The largest absolute Gasteiger partial charge is 0.367 e. The number of para-hydroxylation sites is 1. The fraction of sp³-hybridized carbons (Fsp3) is 0.267. The number of carbonyl (C=O) groups is 2. The van der Waals surface area contributed by atoms with Gasteiger partial charge in [0.05, 0.1) is 6.61 Å². The van der Waals surface area contributed by atoms with Gasteiger partial charge in [-0.05, 0) is 59.7 Å². The lowest BCUT2D eigenvalue weighted by atomic mass is 10.1. The second-order valence-electron chi connectivity index (χ2n) is 9.11. The maximum absolute atomic E-state index is 12.9. The zero-order chi connectivity index (χ0) is 26.6. The number of carbonyl (C=O) groups excluding carboxylic acids is 2. The Hall–Kier alpha value is -4.17. The van der Waals surface area contributed by atoms with E-state index in [2.05, 4.69) is 27.0 Å². The molecule has 0 bridgehead atoms. The Balaban J connectivity index is 1.05. The SMILES string of the molecule is O=C(COCc1ccc(F)cc1)NCCCc1ccc(CNC(=O)NCCc2c[nH]c3ccccc23)cc1. The highest BCUT2D eigenvalue weighted by atomic mass is 19.1. The van der Waals surface area contributed by atoms with Crippen LogP contribution in [0.5, 0.6) is 0 Å². The van der Waals surface area contributed by atoms with Crippen LogP contribution >= 0.6 is 0 Å². The molecular formula is C30H33FN4O3. The molecule has 0 atom stereocenters. The first kappa shape index (κ1) is 26.9. The minimum atomic E-state index is -0.297. The number of H-pyrrole nitrogens is 1. The zero-order valence-electron chi connectivity index (χ0n) is 21.3. The van der Waals surface area contributed by atoms with E-state index in [4.69, 9.17) is 4.74 Å². The Morgan fingerprint density at radius 2 is 1.53 bits per heavy atom. The van der Waals surface area contributed by atoms with Crippen molar-refractivity contribution in [1.82, 2.24) is 20.9 Å². The first-order valence-corrected chi connectivity index (χ1v) is 12.8. The topological polar surface area (TPSA) is 95.2 Å². The Labute approximate surface area is 221 Å². The quantitative estimate of drug-likeness (QED) is 0.195. The van der Waals surface area contributed by atoms with Gasteiger partial charge in [0.2, 0.25) is 5.91 Å². The predicted molar refractivity (Wildman–Crippen MR) is 146 cm³/mol. The smallest absolute Gasteiger partial charge is 0.315 e. The van der Waals surface area contributed by atoms with Crippen LogP contribution in [0.25, 0.3) is 10.9 Å². The number of aromatic amines is 1. The van der Waals surface area contributed by atoms with Crippen molar-refractivity contribution < 1.29 is 18.7 Å². The van der Waals surface area contributed by atoms with Crippen molar-refractivity contribution in [3.05, 3.63) is 107 Å². The molecule has 0 radical (unpaired) electrons. The van der Waals surface area contributed by atoms with Gasteiger partial charge < -0.3 is 25.7 Å². The van der Waals surface area contributed by atoms with Gasteiger partial charge in [0.25, 0.3) is 0 Å². The van der Waals surface area contributed by atoms with Gasteiger partial charge in [-0.2, -0.15) is 0 Å². The third kappa shape index (κ3) is 8.45. The maximum Gasteiger partial charge on any atom is 0.315 e. The molecule has 0 aliphatic rings. The molecule has 0 aliphatic heterocycles. The third-order valence-electron chi connectivity index (χ3n) is 6.21. The van der Waals surface area contributed by atoms with Gasteiger partial charge in [-0.3, -0.25) is 4.79 Å². The molecule has 0 fully saturated rings. The summed E-state index contributed by atoms with van der Waals surface area (Å²) in [6.45, 7) is 1.80. The summed E-state index contributed by atoms with van der Waals surface area (Å²) < 4.78 is 18.3. The summed E-state index contributed by atoms with van der Waals surface area (Å²) >= 11 is 0. The molecule has 38 heavy (non-hydrogen) atoms. The normalized spacial score (nSPS) is 10.9. The van der Waals surface area contributed by atoms with E-state index in [0.29, 0.717) is 19.6 Å². The fourth-order valence-corrected chi connectivity index (χ4v) is 4.13. The number of fused-ring (bicyclic) bond motifs is 1. The summed E-state index contributed by atoms with van der Waals surface area (Å²) in [7, 11) is 0. The molecule has 0 unspecified atom stereocenters. The van der Waals surface area contributed by atoms with E-state index in [1.165, 1.54) is 28.6 Å². The molecule has 1 aromatic heterocycles. The molecule has 0 saturated carbocycles. The second-order valence-corrected chi connectivity index (χ2v) is 9.11. The zero-order valence-corrected chi connectivity index (χ0v) is 21.3. The van der Waals surface area contributed by atoms with Crippen molar-refractivity contribution in [2.45, 2.75) is 32.4 Å². The van der Waals surface area contributed by atoms with E-state index in [9.17, 15) is 14.0 Å². The number of nitrogens with one attached hydrogen (secondary N) is 4. The van der Waals surface area contributed by atoms with Crippen molar-refractivity contribution in [2.24, 2.45) is 0 Å². The minimum absolute atomic E-state index is 0.0321. The number of urea groups is 1. The lowest BCUT2D eigenvalue weighted by Crippen LogP contribution is -2.36. The molecular weight excluding hydrogens is 483 g/mol. The van der Waals surface area contributed by atoms with Crippen LogP contribution < -0.4 is 16.0 Å². The molecule has 0 aliphatic carbocycles. The fourth-order valence-electron chi connectivity index (χ4n) is 4.13. The highest BCUT2D eigenvalue weighted by molar-refractivity contribution is 5.83. The lowest BCUT2D eigenvalue weighted by Gasteiger charge is -2.09. The molecule has 4 rings (SSSR count). The van der Waals surface area contributed by atoms with Gasteiger partial charge in [0.1, 0.15) is 12.4 Å². The highest BCUT2D eigenvalue weighted by Crippen LogP contribution is 2.17. The minimum Gasteiger partial charge on any atom is -0.367 e. The summed E-state index contributed by atoms with van der Waals surface area (Å²) in [5.74, 6) is -0.470. The second kappa shape index (κ2) is 13.9. The summed E-state index contributed by atoms with van der Waals surface area (Å²) in [6.07, 6.45) is 4.39. The van der Waals surface area contributed by atoms with Crippen LogP contribution in [0.4, 0.5) is 9.18 Å². The lowest BCUT2D eigenvalue weighted by molar-refractivity contribution is -0.126. The monoisotopic (exact) mass is 516 g/mol. The molecule has 3 aromatic carbocycles. The van der Waals surface area contributed by atoms with Crippen LogP contribution in [0.3, 0.4) is 0 Å². The van der Waals surface area contributed by atoms with Crippen LogP contribution in [-0.2, 0) is 35.5 Å². The van der Waals surface area contributed by atoms with E-state index in [-0.39, 0.29) is 31.0 Å². The molecule has 7 nitrogen and oxygen atoms in total. The third-order valence-corrected chi connectivity index (χ3v) is 6.21. The summed E-state index contributed by atoms with van der Waals surface area (Å²) in [6, 6.07) is 22.0. The Morgan fingerprint density at radius 1 is 0.789 bits per heavy atom. The van der Waals surface area contributed by atoms with Crippen LogP contribution in [-0.4, -0.2) is 36.6 Å². The van der Waals surface area contributed by atoms with Crippen molar-refractivity contribution >= 4 is 22.8 Å². The molecule has 1 heterocycles. The van der Waals surface area contributed by atoms with Gasteiger partial charge in [-0.25, -0.2) is 9.18 Å². The van der Waals surface area contributed by atoms with Crippen LogP contribution in [0.2, 0.25) is 0 Å². The molecule has 0 spiro atoms. The number of hydrogen-bond donors (Lipinski definition) is 4. The van der Waals surface area contributed by atoms with E-state index in [1.807, 2.05) is 48.7 Å². The molecule has 3 amide bonds. The van der Waals surface area contributed by atoms with Gasteiger partial charge in [-0.1, -0.05) is 54.6 Å². The molecule has 198 valence electrons. The first-order chi connectivity index (χ1) is 18.6. The molecule has 8 heteroatoms. The average molecular weight is 517 g/mol. The maximum atomic E-state index is 12.9.